The number of methoxy groups -OCH3 is 1. The highest BCUT2D eigenvalue weighted by molar-refractivity contribution is 5.30. The van der Waals surface area contributed by atoms with E-state index in [4.69, 9.17) is 4.74 Å². The number of hydrogen-bond acceptors (Lipinski definition) is 3. The summed E-state index contributed by atoms with van der Waals surface area (Å²) in [6, 6.07) is 8.86. The van der Waals surface area contributed by atoms with Crippen LogP contribution in [0.4, 0.5) is 0 Å². The van der Waals surface area contributed by atoms with Gasteiger partial charge in [0.25, 0.3) is 0 Å². The van der Waals surface area contributed by atoms with Gasteiger partial charge in [-0.05, 0) is 49.5 Å². The van der Waals surface area contributed by atoms with Gasteiger partial charge in [-0.25, -0.2) is 0 Å². The Bertz CT molecular complexity index is 421. The van der Waals surface area contributed by atoms with E-state index in [1.54, 1.807) is 7.11 Å². The normalized spacial score (nSPS) is 21.2. The molecule has 0 aromatic heterocycles. The quantitative estimate of drug-likeness (QED) is 0.832. The van der Waals surface area contributed by atoms with E-state index in [0.29, 0.717) is 6.04 Å². The molecule has 1 N–H and O–H groups in total. The maximum absolute atomic E-state index is 5.37. The molecule has 2 rings (SSSR count). The van der Waals surface area contributed by atoms with E-state index < -0.39 is 0 Å². The van der Waals surface area contributed by atoms with Crippen LogP contribution in [-0.4, -0.2) is 38.2 Å². The molecule has 21 heavy (non-hydrogen) atoms. The zero-order chi connectivity index (χ0) is 15.1. The molecule has 0 amide bonds. The third kappa shape index (κ3) is 4.72. The Morgan fingerprint density at radius 3 is 2.95 bits per heavy atom. The summed E-state index contributed by atoms with van der Waals surface area (Å²) in [5, 5.41) is 3.63. The van der Waals surface area contributed by atoms with Crippen LogP contribution in [0.2, 0.25) is 0 Å². The van der Waals surface area contributed by atoms with Gasteiger partial charge >= 0.3 is 0 Å². The van der Waals surface area contributed by atoms with Gasteiger partial charge in [0.1, 0.15) is 5.75 Å². The second-order valence-electron chi connectivity index (χ2n) is 6.06. The van der Waals surface area contributed by atoms with E-state index in [0.717, 1.165) is 24.8 Å². The number of rotatable bonds is 7. The van der Waals surface area contributed by atoms with Crippen molar-refractivity contribution in [3.05, 3.63) is 29.8 Å². The van der Waals surface area contributed by atoms with Gasteiger partial charge in [-0.15, -0.1) is 0 Å². The molecule has 118 valence electrons. The van der Waals surface area contributed by atoms with E-state index in [2.05, 4.69) is 42.3 Å². The average molecular weight is 290 g/mol. The Labute approximate surface area is 129 Å². The minimum absolute atomic E-state index is 0.390. The number of nitrogens with one attached hydrogen (secondary N) is 1. The Morgan fingerprint density at radius 1 is 1.38 bits per heavy atom. The Hall–Kier alpha value is -1.06. The monoisotopic (exact) mass is 290 g/mol. The highest BCUT2D eigenvalue weighted by atomic mass is 16.5. The molecule has 1 aromatic rings. The van der Waals surface area contributed by atoms with E-state index >= 15 is 0 Å². The van der Waals surface area contributed by atoms with Crippen molar-refractivity contribution in [3.63, 3.8) is 0 Å². The maximum atomic E-state index is 5.37. The molecule has 0 saturated carbocycles. The summed E-state index contributed by atoms with van der Waals surface area (Å²) >= 11 is 0. The standard InChI is InChI=1S/C18H30N2O/c1-4-15-8-7-11-20(13-15)14-18(19-5-2)16-9-6-10-17(12-16)21-3/h6,9-10,12,15,18-19H,4-5,7-8,11,13-14H2,1-3H3. The molecule has 1 aliphatic rings. The number of ether oxygens (including phenoxy) is 1. The van der Waals surface area contributed by atoms with Crippen LogP contribution in [0.5, 0.6) is 5.75 Å². The van der Waals surface area contributed by atoms with Gasteiger partial charge in [0.05, 0.1) is 7.11 Å². The van der Waals surface area contributed by atoms with E-state index in [9.17, 15) is 0 Å². The molecule has 1 saturated heterocycles. The summed E-state index contributed by atoms with van der Waals surface area (Å²) in [6.45, 7) is 9.07. The molecule has 0 radical (unpaired) electrons. The molecule has 0 aliphatic carbocycles. The first-order valence-electron chi connectivity index (χ1n) is 8.36. The topological polar surface area (TPSA) is 24.5 Å². The lowest BCUT2D eigenvalue weighted by atomic mass is 9.95. The van der Waals surface area contributed by atoms with Crippen LogP contribution in [0.25, 0.3) is 0 Å². The number of hydrogen-bond donors (Lipinski definition) is 1. The number of piperidine rings is 1. The average Bonchev–Trinajstić information content (AvgIpc) is 2.54. The van der Waals surface area contributed by atoms with Crippen LogP contribution in [0.15, 0.2) is 24.3 Å². The summed E-state index contributed by atoms with van der Waals surface area (Å²) in [7, 11) is 1.73. The highest BCUT2D eigenvalue weighted by Crippen LogP contribution is 2.24. The zero-order valence-corrected chi connectivity index (χ0v) is 13.8. The molecule has 2 atom stereocenters. The maximum Gasteiger partial charge on any atom is 0.119 e. The fourth-order valence-electron chi connectivity index (χ4n) is 3.30. The zero-order valence-electron chi connectivity index (χ0n) is 13.8. The van der Waals surface area contributed by atoms with Gasteiger partial charge in [-0.3, -0.25) is 0 Å². The first-order chi connectivity index (χ1) is 10.3. The molecule has 2 unspecified atom stereocenters. The summed E-state index contributed by atoms with van der Waals surface area (Å²) in [5.74, 6) is 1.83. The summed E-state index contributed by atoms with van der Waals surface area (Å²) in [6.07, 6.45) is 4.05. The second kappa shape index (κ2) is 8.40. The molecule has 1 aliphatic heterocycles. The van der Waals surface area contributed by atoms with Gasteiger partial charge in [-0.1, -0.05) is 32.4 Å². The Balaban J connectivity index is 2.04. The smallest absolute Gasteiger partial charge is 0.119 e. The van der Waals surface area contributed by atoms with Gasteiger partial charge < -0.3 is 15.0 Å². The molecular formula is C18H30N2O. The van der Waals surface area contributed by atoms with Crippen molar-refractivity contribution in [1.82, 2.24) is 10.2 Å². The predicted molar refractivity (Wildman–Crippen MR) is 88.9 cm³/mol. The lowest BCUT2D eigenvalue weighted by Gasteiger charge is -2.35. The number of nitrogens with zero attached hydrogens (tertiary/aromatic N) is 1. The van der Waals surface area contributed by atoms with E-state index in [1.165, 1.54) is 37.9 Å². The molecule has 1 fully saturated rings. The van der Waals surface area contributed by atoms with Crippen LogP contribution in [-0.2, 0) is 0 Å². The van der Waals surface area contributed by atoms with Gasteiger partial charge in [-0.2, -0.15) is 0 Å². The minimum Gasteiger partial charge on any atom is -0.497 e. The fourth-order valence-corrected chi connectivity index (χ4v) is 3.30. The first-order valence-corrected chi connectivity index (χ1v) is 8.36. The molecule has 0 spiro atoms. The van der Waals surface area contributed by atoms with Crippen molar-refractivity contribution in [3.8, 4) is 5.75 Å². The lowest BCUT2D eigenvalue weighted by Crippen LogP contribution is -2.41. The van der Waals surface area contributed by atoms with Crippen molar-refractivity contribution in [2.45, 2.75) is 39.2 Å². The molecule has 3 nitrogen and oxygen atoms in total. The van der Waals surface area contributed by atoms with Crippen molar-refractivity contribution >= 4 is 0 Å². The third-order valence-corrected chi connectivity index (χ3v) is 4.57. The second-order valence-corrected chi connectivity index (χ2v) is 6.06. The molecule has 3 heteroatoms. The summed E-state index contributed by atoms with van der Waals surface area (Å²) < 4.78 is 5.37. The van der Waals surface area contributed by atoms with Gasteiger partial charge in [0.15, 0.2) is 0 Å². The van der Waals surface area contributed by atoms with Crippen molar-refractivity contribution in [1.29, 1.82) is 0 Å². The number of benzene rings is 1. The molecular weight excluding hydrogens is 260 g/mol. The van der Waals surface area contributed by atoms with E-state index in [-0.39, 0.29) is 0 Å². The Kier molecular flexibility index (Phi) is 6.52. The molecule has 0 bridgehead atoms. The molecule has 1 aromatic carbocycles. The van der Waals surface area contributed by atoms with Gasteiger partial charge in [0.2, 0.25) is 0 Å². The molecule has 1 heterocycles. The minimum atomic E-state index is 0.390. The predicted octanol–water partition coefficient (Wildman–Crippen LogP) is 3.47. The number of likely N-dealkylation sites (tertiary alicyclic amines) is 1. The van der Waals surface area contributed by atoms with Crippen molar-refractivity contribution < 1.29 is 4.74 Å². The van der Waals surface area contributed by atoms with Crippen LogP contribution in [0, 0.1) is 5.92 Å². The third-order valence-electron chi connectivity index (χ3n) is 4.57. The van der Waals surface area contributed by atoms with Gasteiger partial charge in [0, 0.05) is 19.1 Å². The van der Waals surface area contributed by atoms with Crippen LogP contribution >= 0.6 is 0 Å². The number of likely N-dealkylation sites (N-methyl/N-ethyl adjacent to an activating group) is 1. The fraction of sp³-hybridized carbons (Fsp3) is 0.667. The highest BCUT2D eigenvalue weighted by Gasteiger charge is 2.22. The first kappa shape index (κ1) is 16.3. The van der Waals surface area contributed by atoms with E-state index in [1.807, 2.05) is 6.07 Å². The van der Waals surface area contributed by atoms with Crippen molar-refractivity contribution in [2.24, 2.45) is 5.92 Å². The lowest BCUT2D eigenvalue weighted by molar-refractivity contribution is 0.156. The van der Waals surface area contributed by atoms with Crippen LogP contribution in [0.1, 0.15) is 44.7 Å². The van der Waals surface area contributed by atoms with Crippen LogP contribution < -0.4 is 10.1 Å². The van der Waals surface area contributed by atoms with Crippen molar-refractivity contribution in [2.75, 3.05) is 33.3 Å². The largest absolute Gasteiger partial charge is 0.497 e. The SMILES string of the molecule is CCNC(CN1CCCC(CC)C1)c1cccc(OC)c1. The summed E-state index contributed by atoms with van der Waals surface area (Å²) in [4.78, 5) is 2.63. The van der Waals surface area contributed by atoms with Crippen LogP contribution in [0.3, 0.4) is 0 Å². The summed E-state index contributed by atoms with van der Waals surface area (Å²) in [5.41, 5.74) is 1.33. The Morgan fingerprint density at radius 2 is 2.24 bits per heavy atom.